The molecule has 20 rings (SSSR count). The van der Waals surface area contributed by atoms with E-state index in [0.29, 0.717) is 5.46 Å². The summed E-state index contributed by atoms with van der Waals surface area (Å²) >= 11 is 6.66. The molecule has 0 aromatic heterocycles. The monoisotopic (exact) mass is 2010 g/mol. The number of aryl methyl sites for hydroxylation is 2. The Morgan fingerprint density at radius 2 is 0.532 bits per heavy atom. The summed E-state index contributed by atoms with van der Waals surface area (Å²) in [5, 5.41) is 52.8. The van der Waals surface area contributed by atoms with Gasteiger partial charge in [-0.1, -0.05) is 414 Å². The first kappa shape index (κ1) is 99.2. The SMILES string of the molecule is Cc1cc(-c2ccc3c4ccccc4c4ccccc4c3c2)cc(-c2ccc3c4ccccc4c4ccccc4c3c2)c1.Cc1cc(Br)cc(Br)c1.OB(O)c1ccc2c3ccccc3c3ccccc3c2c1.[2H]OO[P+](=O)[O-].[CH2-]F.[Cl][Pd][Cl].[K+].[K+].[K+].c1ccc(P(c2ccccc2)c2ccccc2)cc1.c1ccc(P(c2ccccc2)c2ccccc2)cc1. The molecule has 1 unspecified atom stereocenters. The maximum absolute atomic E-state index is 9.42. The zero-order valence-corrected chi connectivity index (χ0v) is 87.0. The van der Waals surface area contributed by atoms with Gasteiger partial charge < -0.3 is 19.3 Å². The van der Waals surface area contributed by atoms with Crippen LogP contribution in [0.1, 0.15) is 11.1 Å². The summed E-state index contributed by atoms with van der Waals surface area (Å²) in [4.78, 5) is 9.17. The Morgan fingerprint density at radius 1 is 0.323 bits per heavy atom. The third-order valence-corrected chi connectivity index (χ3v) is 26.4. The molecule has 0 aliphatic heterocycles. The van der Waals surface area contributed by atoms with Gasteiger partial charge in [-0.3, -0.25) is 0 Å². The van der Waals surface area contributed by atoms with Crippen molar-refractivity contribution in [3.05, 3.63) is 446 Å². The summed E-state index contributed by atoms with van der Waals surface area (Å²) < 4.78 is 29.4. The van der Waals surface area contributed by atoms with Crippen molar-refractivity contribution >= 4 is 216 Å². The molecular formula is C105H80BBr2Cl2FK3O6P3Pd+2. The topological polar surface area (TPSA) is 110 Å². The van der Waals surface area contributed by atoms with E-state index in [1.165, 1.54) is 146 Å². The Balaban J connectivity index is 0.000000170. The molecule has 0 heterocycles. The molecule has 0 saturated heterocycles. The molecule has 0 aliphatic carbocycles. The fourth-order valence-electron chi connectivity index (χ4n) is 15.4. The van der Waals surface area contributed by atoms with Gasteiger partial charge in [-0.2, -0.15) is 7.18 Å². The van der Waals surface area contributed by atoms with Crippen molar-refractivity contribution in [1.82, 2.24) is 0 Å². The van der Waals surface area contributed by atoms with Crippen LogP contribution in [0.4, 0.5) is 4.39 Å². The number of rotatable bonds is 11. The summed E-state index contributed by atoms with van der Waals surface area (Å²) in [6, 6.07) is 149. The molecule has 0 amide bonds. The standard InChI is InChI=1S/C43H28.C18H13BO2.2C18H15P.C7H6Br2.CH2F.2ClH.3K.HO4P.Pd/c1-27-22-30(28-18-20-40-36-14-4-2-10-32(36)34-12-6-8-16-38(34)42(40)25-28)24-31(23-27)29-19-21-41-37-15-5-3-11-33(37)35-13-7-9-17-39(35)43(41)26-29;20-19(21)12-9-10-17-15-7-2-1-5-13(15)14-6-3-4-8-16(14)18(17)11-12;2*1-4-10-16(11-5-1)19(17-12-6-2-7-13-17)18-14-8-3-9-15-18;1-5-2-6(8)4-7(9)3-5;1-2;;;;;;1-4-5(2)3;/h2-26H,1H3;1-11,20-21H;2*1-15H;2-4H,1H3;1H2;2*1H;;;;1H;/q;;;;;-1;;;3*+1;;+2/p-2/i/hD. The van der Waals surface area contributed by atoms with Gasteiger partial charge in [0, 0.05) is 13.6 Å². The second kappa shape index (κ2) is 51.3. The van der Waals surface area contributed by atoms with E-state index >= 15 is 0 Å². The molecular weight excluding hydrogens is 1930 g/mol. The van der Waals surface area contributed by atoms with Gasteiger partial charge in [0.15, 0.2) is 0 Å². The Morgan fingerprint density at radius 3 is 0.750 bits per heavy atom. The first-order valence-electron chi connectivity index (χ1n) is 39.0. The van der Waals surface area contributed by atoms with Gasteiger partial charge >= 0.3 is 205 Å². The van der Waals surface area contributed by atoms with Crippen LogP contribution in [0.2, 0.25) is 0 Å². The zero-order chi connectivity index (χ0) is 85.3. The van der Waals surface area contributed by atoms with Crippen molar-refractivity contribution in [2.45, 2.75) is 13.8 Å². The van der Waals surface area contributed by atoms with Crippen LogP contribution >= 0.6 is 75.0 Å². The Bertz CT molecular complexity index is 6300. The third kappa shape index (κ3) is 25.8. The van der Waals surface area contributed by atoms with Gasteiger partial charge in [0.1, 0.15) is 0 Å². The molecule has 19 heteroatoms. The molecule has 600 valence electrons. The van der Waals surface area contributed by atoms with E-state index in [0.717, 1.165) is 25.1 Å². The summed E-state index contributed by atoms with van der Waals surface area (Å²) in [5.41, 5.74) is 8.03. The summed E-state index contributed by atoms with van der Waals surface area (Å²) in [5.74, 6) is 0. The number of halogens is 5. The second-order valence-corrected chi connectivity index (χ2v) is 37.3. The van der Waals surface area contributed by atoms with Crippen LogP contribution in [-0.4, -0.2) is 22.4 Å². The van der Waals surface area contributed by atoms with E-state index < -0.39 is 31.2 Å². The fraction of sp³-hybridized carbons (Fsp3) is 0.0190. The number of hydrogen-bond donors (Lipinski definition) is 3. The van der Waals surface area contributed by atoms with Gasteiger partial charge in [-0.25, -0.2) is 5.26 Å². The largest absolute Gasteiger partial charge is 1.00 e. The molecule has 20 aromatic carbocycles. The van der Waals surface area contributed by atoms with E-state index in [1.807, 2.05) is 42.5 Å². The summed E-state index contributed by atoms with van der Waals surface area (Å²) in [7, 11) is 6.03. The predicted octanol–water partition coefficient (Wildman–Crippen LogP) is 18.1. The average molecular weight is 2020 g/mol. The van der Waals surface area contributed by atoms with E-state index in [1.54, 1.807) is 13.2 Å². The van der Waals surface area contributed by atoms with E-state index in [9.17, 15) is 14.4 Å². The molecule has 20 aromatic rings. The summed E-state index contributed by atoms with van der Waals surface area (Å²) in [6.45, 7) is 4.27. The molecule has 124 heavy (non-hydrogen) atoms. The maximum Gasteiger partial charge on any atom is 1.00 e. The van der Waals surface area contributed by atoms with Crippen molar-refractivity contribution in [1.29, 1.82) is 1.43 Å². The van der Waals surface area contributed by atoms with E-state index in [-0.39, 0.29) is 170 Å². The molecule has 0 spiro atoms. The van der Waals surface area contributed by atoms with Gasteiger partial charge in [0.2, 0.25) is 0 Å². The number of benzene rings is 20. The zero-order valence-electron chi connectivity index (χ0n) is 69.7. The van der Waals surface area contributed by atoms with E-state index in [4.69, 9.17) is 29.9 Å². The van der Waals surface area contributed by atoms with E-state index in [2.05, 4.69) is 426 Å². The quantitative estimate of drug-likeness (QED) is 0.0297. The van der Waals surface area contributed by atoms with Gasteiger partial charge in [0.25, 0.3) is 1.43 Å². The van der Waals surface area contributed by atoms with Crippen LogP contribution in [0, 0.1) is 21.0 Å². The van der Waals surface area contributed by atoms with Crippen LogP contribution < -0.4 is 196 Å². The first-order chi connectivity index (χ1) is 59.7. The molecule has 6 nitrogen and oxygen atoms in total. The van der Waals surface area contributed by atoms with Crippen LogP contribution in [0.3, 0.4) is 0 Å². The number of fused-ring (bicyclic) bond motifs is 18. The van der Waals surface area contributed by atoms with Crippen molar-refractivity contribution in [2.24, 2.45) is 0 Å². The number of hydrogen-bond acceptors (Lipinski definition) is 6. The molecule has 0 aliphatic rings. The molecule has 1 atom stereocenters. The van der Waals surface area contributed by atoms with Gasteiger partial charge in [-0.15, -0.1) is 0 Å². The van der Waals surface area contributed by atoms with Crippen molar-refractivity contribution in [3.63, 3.8) is 0 Å². The molecule has 0 radical (unpaired) electrons. The van der Waals surface area contributed by atoms with Gasteiger partial charge in [0.05, 0.1) is 0 Å². The Hall–Kier alpha value is -5.39. The molecule has 0 bridgehead atoms. The van der Waals surface area contributed by atoms with Crippen LogP contribution in [0.5, 0.6) is 0 Å². The van der Waals surface area contributed by atoms with Crippen LogP contribution in [0.25, 0.3) is 121 Å². The average Bonchev–Trinajstić information content (AvgIpc) is 0.751. The third-order valence-electron chi connectivity index (χ3n) is 20.5. The van der Waals surface area contributed by atoms with Gasteiger partial charge in [-0.05, 0) is 238 Å². The fourth-order valence-corrected chi connectivity index (χ4v) is 21.6. The normalized spacial score (nSPS) is 10.8. The summed E-state index contributed by atoms with van der Waals surface area (Å²) in [6.07, 6.45) is 0. The van der Waals surface area contributed by atoms with Crippen molar-refractivity contribution in [2.75, 3.05) is 0 Å². The first-order valence-corrected chi connectivity index (χ1v) is 48.0. The minimum atomic E-state index is -3.01. The van der Waals surface area contributed by atoms with Crippen molar-refractivity contribution in [3.8, 4) is 22.3 Å². The molecule has 0 saturated carbocycles. The maximum atomic E-state index is 9.42. The van der Waals surface area contributed by atoms with Crippen molar-refractivity contribution < 1.29 is 204 Å². The minimum absolute atomic E-state index is 0. The minimum Gasteiger partial charge on any atom is -0.0622 e. The molecule has 0 fully saturated rings. The van der Waals surface area contributed by atoms with Crippen LogP contribution in [0.15, 0.2) is 428 Å². The predicted molar refractivity (Wildman–Crippen MR) is 522 cm³/mol. The smallest absolute Gasteiger partial charge is 0.0622 e. The van der Waals surface area contributed by atoms with Crippen LogP contribution in [-0.2, 0) is 25.2 Å². The Kier molecular flexibility index (Phi) is 41.0. The molecule has 3 N–H and O–H groups in total. The second-order valence-electron chi connectivity index (χ2n) is 28.0. The Labute approximate surface area is 889 Å².